The van der Waals surface area contributed by atoms with E-state index in [0.717, 1.165) is 31.8 Å². The minimum atomic E-state index is -0.435. The molecule has 0 amide bonds. The zero-order valence-corrected chi connectivity index (χ0v) is 13.5. The van der Waals surface area contributed by atoms with Crippen molar-refractivity contribution >= 4 is 11.3 Å². The molecule has 0 aromatic carbocycles. The Morgan fingerprint density at radius 2 is 2.50 bits per heavy atom. The van der Waals surface area contributed by atoms with Crippen LogP contribution in [0.25, 0.3) is 0 Å². The summed E-state index contributed by atoms with van der Waals surface area (Å²) < 4.78 is 5.60. The maximum atomic E-state index is 10.2. The molecule has 0 radical (unpaired) electrons. The number of hydrogen-bond donors (Lipinski definition) is 2. The molecule has 2 N–H and O–H groups in total. The van der Waals surface area contributed by atoms with Crippen molar-refractivity contribution in [3.8, 4) is 0 Å². The number of nitrogens with one attached hydrogen (secondary N) is 1. The van der Waals surface area contributed by atoms with Crippen molar-refractivity contribution in [2.75, 3.05) is 26.2 Å². The zero-order chi connectivity index (χ0) is 15.2. The number of rotatable bonds is 7. The highest BCUT2D eigenvalue weighted by Gasteiger charge is 2.24. The molecule has 2 unspecified atom stereocenters. The number of hydrogen-bond acceptors (Lipinski definition) is 5. The van der Waals surface area contributed by atoms with Crippen LogP contribution in [0.4, 0.5) is 0 Å². The third kappa shape index (κ3) is 4.39. The van der Waals surface area contributed by atoms with E-state index in [4.69, 9.17) is 4.74 Å². The summed E-state index contributed by atoms with van der Waals surface area (Å²) in [7, 11) is 0. The normalized spacial score (nSPS) is 21.0. The summed E-state index contributed by atoms with van der Waals surface area (Å²) in [4.78, 5) is 11.1. The van der Waals surface area contributed by atoms with Gasteiger partial charge in [0.1, 0.15) is 5.82 Å². The Kier molecular flexibility index (Phi) is 5.61. The molecule has 0 spiro atoms. The van der Waals surface area contributed by atoms with Gasteiger partial charge in [-0.1, -0.05) is 6.07 Å². The number of likely N-dealkylation sites (tertiary alicyclic amines) is 1. The molecular weight excluding hydrogens is 298 g/mol. The molecule has 0 saturated carbocycles. The number of aromatic nitrogens is 2. The van der Waals surface area contributed by atoms with E-state index in [1.54, 1.807) is 11.3 Å². The van der Waals surface area contributed by atoms with E-state index in [1.807, 2.05) is 23.8 Å². The van der Waals surface area contributed by atoms with Crippen LogP contribution in [-0.2, 0) is 11.3 Å². The van der Waals surface area contributed by atoms with Crippen molar-refractivity contribution < 1.29 is 9.84 Å². The molecule has 3 heterocycles. The van der Waals surface area contributed by atoms with Gasteiger partial charge in [-0.15, -0.1) is 11.3 Å². The maximum Gasteiger partial charge on any atom is 0.110 e. The Labute approximate surface area is 135 Å². The maximum absolute atomic E-state index is 10.2. The van der Waals surface area contributed by atoms with E-state index in [-0.39, 0.29) is 0 Å². The van der Waals surface area contributed by atoms with Gasteiger partial charge in [0.25, 0.3) is 0 Å². The number of β-amino-alcohol motifs (C(OH)–C–C–N with tert-alkyl or cyclic N) is 1. The molecule has 2 aromatic heterocycles. The number of nitrogens with zero attached hydrogens (tertiary/aromatic N) is 2. The van der Waals surface area contributed by atoms with Crippen molar-refractivity contribution in [3.05, 3.63) is 40.6 Å². The van der Waals surface area contributed by atoms with Gasteiger partial charge in [-0.05, 0) is 30.8 Å². The molecule has 3 rings (SSSR count). The second-order valence-corrected chi connectivity index (χ2v) is 6.85. The highest BCUT2D eigenvalue weighted by atomic mass is 32.1. The Hall–Kier alpha value is -1.21. The van der Waals surface area contributed by atoms with Gasteiger partial charge >= 0.3 is 0 Å². The van der Waals surface area contributed by atoms with Crippen LogP contribution in [0.1, 0.15) is 29.5 Å². The lowest BCUT2D eigenvalue weighted by Crippen LogP contribution is -2.41. The molecule has 0 bridgehead atoms. The summed E-state index contributed by atoms with van der Waals surface area (Å²) in [6.07, 6.45) is 5.56. The van der Waals surface area contributed by atoms with Crippen molar-refractivity contribution in [1.82, 2.24) is 14.9 Å². The predicted molar refractivity (Wildman–Crippen MR) is 87.0 cm³/mol. The van der Waals surface area contributed by atoms with Gasteiger partial charge in [-0.2, -0.15) is 0 Å². The first kappa shape index (κ1) is 15.7. The van der Waals surface area contributed by atoms with Crippen molar-refractivity contribution in [3.63, 3.8) is 0 Å². The lowest BCUT2D eigenvalue weighted by molar-refractivity contribution is 0.00625. The fourth-order valence-electron chi connectivity index (χ4n) is 2.99. The number of piperidine rings is 1. The summed E-state index contributed by atoms with van der Waals surface area (Å²) in [6, 6.07) is 4.07. The predicted octanol–water partition coefficient (Wildman–Crippen LogP) is 2.23. The van der Waals surface area contributed by atoms with Crippen LogP contribution in [0.3, 0.4) is 0 Å². The second kappa shape index (κ2) is 7.87. The number of imidazole rings is 1. The zero-order valence-electron chi connectivity index (χ0n) is 12.6. The molecule has 5 nitrogen and oxygen atoms in total. The third-order valence-corrected chi connectivity index (χ3v) is 4.87. The van der Waals surface area contributed by atoms with Gasteiger partial charge in [-0.25, -0.2) is 4.98 Å². The first-order chi connectivity index (χ1) is 10.8. The first-order valence-electron chi connectivity index (χ1n) is 7.81. The summed E-state index contributed by atoms with van der Waals surface area (Å²) in [6.45, 7) is 3.64. The highest BCUT2D eigenvalue weighted by molar-refractivity contribution is 7.09. The first-order valence-corrected chi connectivity index (χ1v) is 8.69. The Morgan fingerprint density at radius 3 is 3.27 bits per heavy atom. The number of thiophene rings is 1. The van der Waals surface area contributed by atoms with E-state index >= 15 is 0 Å². The summed E-state index contributed by atoms with van der Waals surface area (Å²) in [5.41, 5.74) is 0. The number of aliphatic hydroxyl groups excluding tert-OH is 1. The minimum Gasteiger partial charge on any atom is -0.389 e. The lowest BCUT2D eigenvalue weighted by Gasteiger charge is -2.33. The van der Waals surface area contributed by atoms with Gasteiger partial charge in [0, 0.05) is 36.3 Å². The molecule has 6 heteroatoms. The number of aliphatic hydroxyl groups is 1. The van der Waals surface area contributed by atoms with E-state index in [1.165, 1.54) is 4.88 Å². The topological polar surface area (TPSA) is 61.4 Å². The van der Waals surface area contributed by atoms with Crippen LogP contribution >= 0.6 is 11.3 Å². The SMILES string of the molecule is OC(COCc1cccs1)CN1CCCC(c2ncc[nH]2)C1. The van der Waals surface area contributed by atoms with Gasteiger partial charge < -0.3 is 14.8 Å². The van der Waals surface area contributed by atoms with Crippen LogP contribution in [0.2, 0.25) is 0 Å². The van der Waals surface area contributed by atoms with Crippen LogP contribution < -0.4 is 0 Å². The number of ether oxygens (including phenoxy) is 1. The molecule has 2 atom stereocenters. The average Bonchev–Trinajstić information content (AvgIpc) is 3.21. The summed E-state index contributed by atoms with van der Waals surface area (Å²) >= 11 is 1.68. The quantitative estimate of drug-likeness (QED) is 0.821. The molecule has 1 aliphatic rings. The van der Waals surface area contributed by atoms with Gasteiger partial charge in [-0.3, -0.25) is 4.90 Å². The smallest absolute Gasteiger partial charge is 0.110 e. The lowest BCUT2D eigenvalue weighted by atomic mass is 9.97. The van der Waals surface area contributed by atoms with Crippen LogP contribution in [-0.4, -0.2) is 52.3 Å². The number of H-pyrrole nitrogens is 1. The Bertz CT molecular complexity index is 530. The van der Waals surface area contributed by atoms with Crippen molar-refractivity contribution in [2.45, 2.75) is 31.5 Å². The van der Waals surface area contributed by atoms with Crippen molar-refractivity contribution in [1.29, 1.82) is 0 Å². The number of aromatic amines is 1. The van der Waals surface area contributed by atoms with Crippen LogP contribution in [0, 0.1) is 0 Å². The fraction of sp³-hybridized carbons (Fsp3) is 0.562. The molecule has 0 aliphatic carbocycles. The van der Waals surface area contributed by atoms with Crippen LogP contribution in [0.5, 0.6) is 0 Å². The van der Waals surface area contributed by atoms with Gasteiger partial charge in [0.15, 0.2) is 0 Å². The monoisotopic (exact) mass is 321 g/mol. The van der Waals surface area contributed by atoms with Gasteiger partial charge in [0.2, 0.25) is 0 Å². The fourth-order valence-corrected chi connectivity index (χ4v) is 3.63. The Morgan fingerprint density at radius 1 is 1.55 bits per heavy atom. The largest absolute Gasteiger partial charge is 0.389 e. The third-order valence-electron chi connectivity index (χ3n) is 4.02. The molecule has 1 aliphatic heterocycles. The van der Waals surface area contributed by atoms with Gasteiger partial charge in [0.05, 0.1) is 19.3 Å². The average molecular weight is 321 g/mol. The minimum absolute atomic E-state index is 0.389. The molecule has 2 aromatic rings. The molecule has 120 valence electrons. The second-order valence-electron chi connectivity index (χ2n) is 5.82. The van der Waals surface area contributed by atoms with E-state index in [0.29, 0.717) is 25.7 Å². The molecule has 1 fully saturated rings. The van der Waals surface area contributed by atoms with E-state index in [9.17, 15) is 5.11 Å². The van der Waals surface area contributed by atoms with Crippen LogP contribution in [0.15, 0.2) is 29.9 Å². The van der Waals surface area contributed by atoms with E-state index in [2.05, 4.69) is 20.9 Å². The molecule has 22 heavy (non-hydrogen) atoms. The standard InChI is InChI=1S/C16H23N3O2S/c20-14(11-21-12-15-4-2-8-22-15)10-19-7-1-3-13(9-19)16-17-5-6-18-16/h2,4-6,8,13-14,20H,1,3,7,9-12H2,(H,17,18). The highest BCUT2D eigenvalue weighted by Crippen LogP contribution is 2.24. The summed E-state index contributed by atoms with van der Waals surface area (Å²) in [5, 5.41) is 12.2. The molecule has 1 saturated heterocycles. The Balaban J connectivity index is 1.40. The molecular formula is C16H23N3O2S. The van der Waals surface area contributed by atoms with Crippen molar-refractivity contribution in [2.24, 2.45) is 0 Å². The van der Waals surface area contributed by atoms with E-state index < -0.39 is 6.10 Å². The summed E-state index contributed by atoms with van der Waals surface area (Å²) in [5.74, 6) is 1.51.